The first-order valence-corrected chi connectivity index (χ1v) is 8.74. The van der Waals surface area contributed by atoms with Crippen LogP contribution in [0.1, 0.15) is 21.7 Å². The first-order chi connectivity index (χ1) is 11.4. The summed E-state index contributed by atoms with van der Waals surface area (Å²) in [4.78, 5) is 14.1. The first-order valence-electron chi connectivity index (χ1n) is 7.17. The van der Waals surface area contributed by atoms with E-state index in [1.54, 1.807) is 18.2 Å². The molecule has 0 unspecified atom stereocenters. The van der Waals surface area contributed by atoms with E-state index in [1.807, 2.05) is 4.90 Å². The summed E-state index contributed by atoms with van der Waals surface area (Å²) in [6.45, 7) is 1.03. The van der Waals surface area contributed by atoms with Gasteiger partial charge in [-0.2, -0.15) is 5.26 Å². The lowest BCUT2D eigenvalue weighted by molar-refractivity contribution is 0.100. The van der Waals surface area contributed by atoms with Crippen molar-refractivity contribution in [3.8, 4) is 17.2 Å². The number of aliphatic hydroxyl groups excluding tert-OH is 1. The van der Waals surface area contributed by atoms with Gasteiger partial charge >= 0.3 is 0 Å². The lowest BCUT2D eigenvalue weighted by Crippen LogP contribution is -2.20. The average Bonchev–Trinajstić information content (AvgIpc) is 3.10. The molecule has 124 valence electrons. The van der Waals surface area contributed by atoms with Gasteiger partial charge in [0.25, 0.3) is 5.91 Å². The van der Waals surface area contributed by atoms with Crippen LogP contribution < -0.4 is 10.6 Å². The Labute approximate surface area is 152 Å². The van der Waals surface area contributed by atoms with Crippen LogP contribution >= 0.6 is 34.5 Å². The summed E-state index contributed by atoms with van der Waals surface area (Å²) < 4.78 is 0. The van der Waals surface area contributed by atoms with E-state index in [9.17, 15) is 15.2 Å². The van der Waals surface area contributed by atoms with Crippen molar-refractivity contribution in [1.82, 2.24) is 0 Å². The SMILES string of the molecule is N#Cc1c(N2CC[C@@H](O)C2)sc(C(N)=O)c1-c1ccc(Cl)cc1Cl. The summed E-state index contributed by atoms with van der Waals surface area (Å²) in [5.74, 6) is -0.622. The quantitative estimate of drug-likeness (QED) is 0.853. The van der Waals surface area contributed by atoms with Crippen LogP contribution in [-0.2, 0) is 0 Å². The molecule has 0 spiro atoms. The minimum atomic E-state index is -0.622. The van der Waals surface area contributed by atoms with Gasteiger partial charge < -0.3 is 15.7 Å². The van der Waals surface area contributed by atoms with E-state index >= 15 is 0 Å². The average molecular weight is 382 g/mol. The summed E-state index contributed by atoms with van der Waals surface area (Å²) >= 11 is 13.3. The molecule has 3 N–H and O–H groups in total. The number of benzene rings is 1. The molecule has 5 nitrogen and oxygen atoms in total. The zero-order valence-electron chi connectivity index (χ0n) is 12.4. The topological polar surface area (TPSA) is 90.3 Å². The Morgan fingerprint density at radius 2 is 2.21 bits per heavy atom. The summed E-state index contributed by atoms with van der Waals surface area (Å²) in [6, 6.07) is 7.03. The molecule has 3 rings (SSSR count). The molecular formula is C16H13Cl2N3O2S. The normalized spacial score (nSPS) is 17.1. The molecule has 8 heteroatoms. The summed E-state index contributed by atoms with van der Waals surface area (Å²) in [6.07, 6.45) is 0.171. The van der Waals surface area contributed by atoms with Crippen LogP contribution in [0.5, 0.6) is 0 Å². The van der Waals surface area contributed by atoms with Crippen LogP contribution in [-0.4, -0.2) is 30.2 Å². The van der Waals surface area contributed by atoms with Crippen molar-refractivity contribution in [3.05, 3.63) is 38.7 Å². The molecular weight excluding hydrogens is 369 g/mol. The Morgan fingerprint density at radius 3 is 2.75 bits per heavy atom. The highest BCUT2D eigenvalue weighted by Gasteiger charge is 2.30. The fraction of sp³-hybridized carbons (Fsp3) is 0.250. The summed E-state index contributed by atoms with van der Waals surface area (Å²) in [5, 5.41) is 20.9. The monoisotopic (exact) mass is 381 g/mol. The van der Waals surface area contributed by atoms with E-state index in [1.165, 1.54) is 0 Å². The summed E-state index contributed by atoms with van der Waals surface area (Å²) in [7, 11) is 0. The second-order valence-electron chi connectivity index (χ2n) is 5.48. The summed E-state index contributed by atoms with van der Waals surface area (Å²) in [5.41, 5.74) is 6.82. The largest absolute Gasteiger partial charge is 0.391 e. The van der Waals surface area contributed by atoms with Crippen LogP contribution in [0.2, 0.25) is 10.0 Å². The number of primary amides is 1. The third kappa shape index (κ3) is 2.96. The Bertz CT molecular complexity index is 860. The van der Waals surface area contributed by atoms with Crippen LogP contribution in [0.25, 0.3) is 11.1 Å². The van der Waals surface area contributed by atoms with Gasteiger partial charge in [-0.05, 0) is 18.6 Å². The second kappa shape index (κ2) is 6.61. The molecule has 1 aromatic heterocycles. The Kier molecular flexibility index (Phi) is 4.70. The molecule has 1 saturated heterocycles. The number of hydrogen-bond acceptors (Lipinski definition) is 5. The van der Waals surface area contributed by atoms with Crippen LogP contribution in [0.3, 0.4) is 0 Å². The molecule has 24 heavy (non-hydrogen) atoms. The molecule has 0 bridgehead atoms. The molecule has 1 fully saturated rings. The maximum absolute atomic E-state index is 11.9. The Hall–Kier alpha value is -1.78. The van der Waals surface area contributed by atoms with E-state index in [2.05, 4.69) is 6.07 Å². The number of thiophene rings is 1. The number of nitrogens with two attached hydrogens (primary N) is 1. The molecule has 1 amide bonds. The van der Waals surface area contributed by atoms with Gasteiger partial charge in [-0.3, -0.25) is 4.79 Å². The zero-order chi connectivity index (χ0) is 17.4. The van der Waals surface area contributed by atoms with Crippen LogP contribution in [0.15, 0.2) is 18.2 Å². The van der Waals surface area contributed by atoms with Gasteiger partial charge in [0.15, 0.2) is 0 Å². The highest BCUT2D eigenvalue weighted by atomic mass is 35.5. The van der Waals surface area contributed by atoms with Crippen molar-refractivity contribution >= 4 is 45.4 Å². The minimum absolute atomic E-state index is 0.271. The number of anilines is 1. The lowest BCUT2D eigenvalue weighted by Gasteiger charge is -2.16. The number of halogens is 2. The van der Waals surface area contributed by atoms with Gasteiger partial charge in [0, 0.05) is 34.3 Å². The number of hydrogen-bond donors (Lipinski definition) is 2. The third-order valence-corrected chi connectivity index (χ3v) is 5.69. The number of rotatable bonds is 3. The van der Waals surface area contributed by atoms with Gasteiger partial charge in [-0.15, -0.1) is 11.3 Å². The number of nitrogens with zero attached hydrogens (tertiary/aromatic N) is 2. The van der Waals surface area contributed by atoms with Gasteiger partial charge in [0.05, 0.1) is 11.7 Å². The maximum Gasteiger partial charge on any atom is 0.259 e. The molecule has 0 saturated carbocycles. The predicted molar refractivity (Wildman–Crippen MR) is 95.8 cm³/mol. The standard InChI is InChI=1S/C16H13Cl2N3O2S/c17-8-1-2-10(12(18)5-8)13-11(6-19)16(24-14(13)15(20)23)21-4-3-9(22)7-21/h1-2,5,9,22H,3-4,7H2,(H2,20,23)/t9-/m1/s1. The smallest absolute Gasteiger partial charge is 0.259 e. The third-order valence-electron chi connectivity index (χ3n) is 3.88. The van der Waals surface area contributed by atoms with Crippen molar-refractivity contribution < 1.29 is 9.90 Å². The number of amides is 1. The lowest BCUT2D eigenvalue weighted by atomic mass is 10.0. The van der Waals surface area contributed by atoms with Crippen molar-refractivity contribution in [2.75, 3.05) is 18.0 Å². The van der Waals surface area contributed by atoms with E-state index < -0.39 is 12.0 Å². The van der Waals surface area contributed by atoms with Crippen molar-refractivity contribution in [1.29, 1.82) is 5.26 Å². The molecule has 0 aliphatic carbocycles. The van der Waals surface area contributed by atoms with E-state index in [0.29, 0.717) is 51.2 Å². The molecule has 1 aliphatic heterocycles. The molecule has 2 heterocycles. The molecule has 1 atom stereocenters. The first kappa shape index (κ1) is 17.1. The van der Waals surface area contributed by atoms with Crippen molar-refractivity contribution in [3.63, 3.8) is 0 Å². The van der Waals surface area contributed by atoms with E-state index in [-0.39, 0.29) is 4.88 Å². The minimum Gasteiger partial charge on any atom is -0.391 e. The molecule has 0 radical (unpaired) electrons. The van der Waals surface area contributed by atoms with Gasteiger partial charge in [-0.25, -0.2) is 0 Å². The van der Waals surface area contributed by atoms with Crippen LogP contribution in [0.4, 0.5) is 5.00 Å². The number of β-amino-alcohol motifs (C(OH)–C–C–N with tert-alkyl or cyclic N) is 1. The van der Waals surface area contributed by atoms with Crippen LogP contribution in [0, 0.1) is 11.3 Å². The van der Waals surface area contributed by atoms with Gasteiger partial charge in [0.1, 0.15) is 15.9 Å². The van der Waals surface area contributed by atoms with Crippen molar-refractivity contribution in [2.24, 2.45) is 5.73 Å². The van der Waals surface area contributed by atoms with Gasteiger partial charge in [-0.1, -0.05) is 29.3 Å². The molecule has 1 aliphatic rings. The number of carbonyl (C=O) groups excluding carboxylic acids is 1. The fourth-order valence-corrected chi connectivity index (χ4v) is 4.45. The highest BCUT2D eigenvalue weighted by Crippen LogP contribution is 2.45. The highest BCUT2D eigenvalue weighted by molar-refractivity contribution is 7.18. The molecule has 1 aromatic carbocycles. The number of aliphatic hydroxyl groups is 1. The maximum atomic E-state index is 11.9. The van der Waals surface area contributed by atoms with Crippen molar-refractivity contribution in [2.45, 2.75) is 12.5 Å². The Balaban J connectivity index is 2.22. The van der Waals surface area contributed by atoms with E-state index in [0.717, 1.165) is 11.3 Å². The Morgan fingerprint density at radius 1 is 1.46 bits per heavy atom. The fourth-order valence-electron chi connectivity index (χ4n) is 2.79. The van der Waals surface area contributed by atoms with Gasteiger partial charge in [0.2, 0.25) is 0 Å². The van der Waals surface area contributed by atoms with E-state index in [4.69, 9.17) is 28.9 Å². The second-order valence-corrected chi connectivity index (χ2v) is 7.32. The predicted octanol–water partition coefficient (Wildman–Crippen LogP) is 3.26. The zero-order valence-corrected chi connectivity index (χ0v) is 14.8. The number of carbonyl (C=O) groups is 1. The molecule has 2 aromatic rings. The number of nitriles is 1.